The lowest BCUT2D eigenvalue weighted by atomic mass is 10.3. The minimum atomic E-state index is -0.461. The Hall–Kier alpha value is -1.10. The molecule has 0 aromatic heterocycles. The molecule has 1 aliphatic carbocycles. The van der Waals surface area contributed by atoms with Gasteiger partial charge in [-0.1, -0.05) is 6.92 Å². The molecule has 17 heavy (non-hydrogen) atoms. The molecule has 1 fully saturated rings. The van der Waals surface area contributed by atoms with Crippen molar-refractivity contribution >= 4 is 11.8 Å². The SMILES string of the molecule is CCCNC(=O)C(C)NC(=O)CNCC1CC1. The van der Waals surface area contributed by atoms with E-state index in [9.17, 15) is 9.59 Å². The predicted molar refractivity (Wildman–Crippen MR) is 66.5 cm³/mol. The molecule has 0 heterocycles. The molecule has 0 bridgehead atoms. The molecule has 0 spiro atoms. The standard InChI is InChI=1S/C12H23N3O2/c1-3-6-14-12(17)9(2)15-11(16)8-13-7-10-4-5-10/h9-10,13H,3-8H2,1-2H3,(H,14,17)(H,15,16). The third kappa shape index (κ3) is 6.26. The van der Waals surface area contributed by atoms with Gasteiger partial charge in [-0.25, -0.2) is 0 Å². The van der Waals surface area contributed by atoms with Crippen LogP contribution < -0.4 is 16.0 Å². The van der Waals surface area contributed by atoms with Crippen LogP contribution in [0.2, 0.25) is 0 Å². The van der Waals surface area contributed by atoms with E-state index >= 15 is 0 Å². The Labute approximate surface area is 103 Å². The highest BCUT2D eigenvalue weighted by molar-refractivity contribution is 5.87. The maximum atomic E-state index is 11.5. The first-order chi connectivity index (χ1) is 8.13. The zero-order valence-corrected chi connectivity index (χ0v) is 10.7. The van der Waals surface area contributed by atoms with Crippen LogP contribution >= 0.6 is 0 Å². The molecule has 0 aromatic carbocycles. The lowest BCUT2D eigenvalue weighted by Crippen LogP contribution is -2.47. The molecule has 0 aliphatic heterocycles. The van der Waals surface area contributed by atoms with E-state index in [2.05, 4.69) is 16.0 Å². The van der Waals surface area contributed by atoms with Gasteiger partial charge in [0.1, 0.15) is 6.04 Å². The van der Waals surface area contributed by atoms with Crippen molar-refractivity contribution in [3.05, 3.63) is 0 Å². The van der Waals surface area contributed by atoms with Crippen LogP contribution in [0.5, 0.6) is 0 Å². The number of hydrogen-bond acceptors (Lipinski definition) is 3. The summed E-state index contributed by atoms with van der Waals surface area (Å²) in [5.74, 6) is 0.514. The summed E-state index contributed by atoms with van der Waals surface area (Å²) in [6, 6.07) is -0.461. The molecule has 1 unspecified atom stereocenters. The van der Waals surface area contributed by atoms with Crippen molar-refractivity contribution < 1.29 is 9.59 Å². The zero-order valence-electron chi connectivity index (χ0n) is 10.7. The first-order valence-electron chi connectivity index (χ1n) is 6.41. The van der Waals surface area contributed by atoms with E-state index in [1.807, 2.05) is 6.92 Å². The summed E-state index contributed by atoms with van der Waals surface area (Å²) in [7, 11) is 0. The Kier molecular flexibility index (Phi) is 5.97. The van der Waals surface area contributed by atoms with E-state index in [0.29, 0.717) is 13.1 Å². The van der Waals surface area contributed by atoms with E-state index in [-0.39, 0.29) is 11.8 Å². The van der Waals surface area contributed by atoms with Crippen molar-refractivity contribution in [3.8, 4) is 0 Å². The number of amides is 2. The van der Waals surface area contributed by atoms with E-state index in [1.165, 1.54) is 12.8 Å². The highest BCUT2D eigenvalue weighted by Crippen LogP contribution is 2.27. The van der Waals surface area contributed by atoms with Gasteiger partial charge in [0.05, 0.1) is 6.54 Å². The quantitative estimate of drug-likeness (QED) is 0.561. The number of carbonyl (C=O) groups excluding carboxylic acids is 2. The largest absolute Gasteiger partial charge is 0.354 e. The second-order valence-electron chi connectivity index (χ2n) is 4.65. The smallest absolute Gasteiger partial charge is 0.242 e. The zero-order chi connectivity index (χ0) is 12.7. The number of nitrogens with one attached hydrogen (secondary N) is 3. The van der Waals surface area contributed by atoms with Crippen LogP contribution in [0, 0.1) is 5.92 Å². The number of carbonyl (C=O) groups is 2. The second kappa shape index (κ2) is 7.27. The van der Waals surface area contributed by atoms with E-state index in [4.69, 9.17) is 0 Å². The van der Waals surface area contributed by atoms with Crippen molar-refractivity contribution in [2.24, 2.45) is 5.92 Å². The molecule has 5 nitrogen and oxygen atoms in total. The maximum absolute atomic E-state index is 11.5. The van der Waals surface area contributed by atoms with Gasteiger partial charge in [0.15, 0.2) is 0 Å². The van der Waals surface area contributed by atoms with Gasteiger partial charge in [-0.3, -0.25) is 9.59 Å². The summed E-state index contributed by atoms with van der Waals surface area (Å²) in [5, 5.41) is 8.51. The molecular formula is C12H23N3O2. The third-order valence-electron chi connectivity index (χ3n) is 2.74. The van der Waals surface area contributed by atoms with Crippen molar-refractivity contribution in [3.63, 3.8) is 0 Å². The summed E-state index contributed by atoms with van der Waals surface area (Å²) in [6.45, 7) is 5.54. The molecule has 2 amide bonds. The lowest BCUT2D eigenvalue weighted by molar-refractivity contribution is -0.128. The van der Waals surface area contributed by atoms with E-state index in [1.54, 1.807) is 6.92 Å². The van der Waals surface area contributed by atoms with E-state index in [0.717, 1.165) is 18.9 Å². The van der Waals surface area contributed by atoms with Crippen LogP contribution in [0.3, 0.4) is 0 Å². The molecular weight excluding hydrogens is 218 g/mol. The van der Waals surface area contributed by atoms with Gasteiger partial charge in [0.25, 0.3) is 0 Å². The van der Waals surface area contributed by atoms with Gasteiger partial charge in [0, 0.05) is 6.54 Å². The molecule has 1 atom stereocenters. The first kappa shape index (κ1) is 14.0. The van der Waals surface area contributed by atoms with Crippen molar-refractivity contribution in [1.82, 2.24) is 16.0 Å². The van der Waals surface area contributed by atoms with Gasteiger partial charge in [-0.05, 0) is 38.6 Å². The summed E-state index contributed by atoms with van der Waals surface area (Å²) in [6.07, 6.45) is 3.43. The Bertz CT molecular complexity index is 264. The van der Waals surface area contributed by atoms with Gasteiger partial charge in [-0.15, -0.1) is 0 Å². The third-order valence-corrected chi connectivity index (χ3v) is 2.74. The van der Waals surface area contributed by atoms with Crippen LogP contribution in [-0.2, 0) is 9.59 Å². The highest BCUT2D eigenvalue weighted by Gasteiger charge is 2.21. The molecule has 0 radical (unpaired) electrons. The molecule has 3 N–H and O–H groups in total. The van der Waals surface area contributed by atoms with Crippen molar-refractivity contribution in [2.45, 2.75) is 39.2 Å². The maximum Gasteiger partial charge on any atom is 0.242 e. The molecule has 98 valence electrons. The molecule has 1 aliphatic rings. The van der Waals surface area contributed by atoms with Crippen LogP contribution in [0.15, 0.2) is 0 Å². The predicted octanol–water partition coefficient (Wildman–Crippen LogP) is 0.0169. The minimum Gasteiger partial charge on any atom is -0.354 e. The Morgan fingerprint density at radius 1 is 1.35 bits per heavy atom. The van der Waals surface area contributed by atoms with E-state index < -0.39 is 6.04 Å². The molecule has 1 saturated carbocycles. The van der Waals surface area contributed by atoms with Crippen LogP contribution in [0.1, 0.15) is 33.1 Å². The molecule has 0 saturated heterocycles. The Balaban J connectivity index is 2.08. The number of rotatable bonds is 8. The minimum absolute atomic E-state index is 0.121. The Morgan fingerprint density at radius 3 is 2.65 bits per heavy atom. The molecule has 5 heteroatoms. The van der Waals surface area contributed by atoms with Crippen LogP contribution in [-0.4, -0.2) is 37.5 Å². The van der Waals surface area contributed by atoms with Crippen molar-refractivity contribution in [2.75, 3.05) is 19.6 Å². The van der Waals surface area contributed by atoms with Gasteiger partial charge >= 0.3 is 0 Å². The van der Waals surface area contributed by atoms with Crippen molar-refractivity contribution in [1.29, 1.82) is 0 Å². The molecule has 1 rings (SSSR count). The monoisotopic (exact) mass is 241 g/mol. The van der Waals surface area contributed by atoms with Crippen LogP contribution in [0.25, 0.3) is 0 Å². The van der Waals surface area contributed by atoms with Gasteiger partial charge < -0.3 is 16.0 Å². The van der Waals surface area contributed by atoms with Crippen LogP contribution in [0.4, 0.5) is 0 Å². The summed E-state index contributed by atoms with van der Waals surface area (Å²) >= 11 is 0. The normalized spacial score (nSPS) is 16.4. The second-order valence-corrected chi connectivity index (χ2v) is 4.65. The fraction of sp³-hybridized carbons (Fsp3) is 0.833. The fourth-order valence-corrected chi connectivity index (χ4v) is 1.47. The summed E-state index contributed by atoms with van der Waals surface area (Å²) in [5.41, 5.74) is 0. The first-order valence-corrected chi connectivity index (χ1v) is 6.41. The lowest BCUT2D eigenvalue weighted by Gasteiger charge is -2.14. The Morgan fingerprint density at radius 2 is 2.06 bits per heavy atom. The average Bonchev–Trinajstić information content (AvgIpc) is 3.09. The summed E-state index contributed by atoms with van der Waals surface area (Å²) in [4.78, 5) is 23.0. The summed E-state index contributed by atoms with van der Waals surface area (Å²) < 4.78 is 0. The van der Waals surface area contributed by atoms with Gasteiger partial charge in [0.2, 0.25) is 11.8 Å². The van der Waals surface area contributed by atoms with Gasteiger partial charge in [-0.2, -0.15) is 0 Å². The fourth-order valence-electron chi connectivity index (χ4n) is 1.47. The number of hydrogen-bond donors (Lipinski definition) is 3. The average molecular weight is 241 g/mol. The topological polar surface area (TPSA) is 70.2 Å². The molecule has 0 aromatic rings. The highest BCUT2D eigenvalue weighted by atomic mass is 16.2.